The molecule has 0 aliphatic rings. The van der Waals surface area contributed by atoms with Crippen molar-refractivity contribution < 1.29 is 26.5 Å². The topological polar surface area (TPSA) is 63.6 Å². The normalized spacial score (nSPS) is 11.7. The number of hydrogen-bond donors (Lipinski definition) is 1. The fraction of sp³-hybridized carbons (Fsp3) is 0.455. The minimum Gasteiger partial charge on any atom is -0.381 e. The molecule has 0 radical (unpaired) electrons. The second-order valence-electron chi connectivity index (χ2n) is 3.74. The molecule has 0 atom stereocenters. The Bertz CT molecular complexity index is 488. The molecule has 1 aromatic rings. The maximum Gasteiger partial charge on any atom is 0.264 e. The lowest BCUT2D eigenvalue weighted by Crippen LogP contribution is -2.08. The lowest BCUT2D eigenvalue weighted by molar-refractivity contribution is 0.137. The number of hydrogen-bond acceptors (Lipinski definition) is 3. The molecular formula is C11H14F2O4S. The highest BCUT2D eigenvalue weighted by Gasteiger charge is 2.05. The van der Waals surface area contributed by atoms with Gasteiger partial charge in [0, 0.05) is 12.7 Å². The Kier molecular flexibility index (Phi) is 5.64. The molecule has 1 aromatic carbocycles. The first-order valence-corrected chi connectivity index (χ1v) is 6.96. The van der Waals surface area contributed by atoms with Gasteiger partial charge >= 0.3 is 0 Å². The SMILES string of the molecule is O=S(=O)(O)CCCOCCc1ccc(F)cc1F. The fourth-order valence-corrected chi connectivity index (χ4v) is 1.83. The number of halogens is 2. The molecule has 0 aromatic heterocycles. The van der Waals surface area contributed by atoms with E-state index in [1.54, 1.807) is 0 Å². The molecule has 0 aliphatic heterocycles. The summed E-state index contributed by atoms with van der Waals surface area (Å²) >= 11 is 0. The van der Waals surface area contributed by atoms with Gasteiger partial charge in [-0.25, -0.2) is 8.78 Å². The standard InChI is InChI=1S/C11H14F2O4S/c12-10-3-2-9(11(13)8-10)4-6-17-5-1-7-18(14,15)16/h2-3,8H,1,4-7H2,(H,14,15,16). The first-order chi connectivity index (χ1) is 8.38. The van der Waals surface area contributed by atoms with E-state index in [0.717, 1.165) is 12.1 Å². The van der Waals surface area contributed by atoms with E-state index in [0.29, 0.717) is 5.56 Å². The first-order valence-electron chi connectivity index (χ1n) is 5.35. The van der Waals surface area contributed by atoms with Crippen molar-refractivity contribution in [2.24, 2.45) is 0 Å². The Labute approximate surface area is 104 Å². The maximum atomic E-state index is 13.2. The number of rotatable bonds is 7. The van der Waals surface area contributed by atoms with Crippen LogP contribution in [0.1, 0.15) is 12.0 Å². The molecule has 18 heavy (non-hydrogen) atoms. The zero-order valence-corrected chi connectivity index (χ0v) is 10.4. The van der Waals surface area contributed by atoms with Crippen LogP contribution in [0.25, 0.3) is 0 Å². The molecule has 0 amide bonds. The molecule has 0 fully saturated rings. The van der Waals surface area contributed by atoms with Crippen LogP contribution < -0.4 is 0 Å². The average Bonchev–Trinajstić information content (AvgIpc) is 2.24. The third-order valence-electron chi connectivity index (χ3n) is 2.22. The monoisotopic (exact) mass is 280 g/mol. The van der Waals surface area contributed by atoms with E-state index in [9.17, 15) is 17.2 Å². The van der Waals surface area contributed by atoms with E-state index < -0.39 is 21.8 Å². The summed E-state index contributed by atoms with van der Waals surface area (Å²) in [7, 11) is -3.96. The highest BCUT2D eigenvalue weighted by atomic mass is 32.2. The minimum absolute atomic E-state index is 0.155. The lowest BCUT2D eigenvalue weighted by atomic mass is 10.1. The smallest absolute Gasteiger partial charge is 0.264 e. The van der Waals surface area contributed by atoms with Crippen molar-refractivity contribution in [3.63, 3.8) is 0 Å². The van der Waals surface area contributed by atoms with Gasteiger partial charge in [-0.15, -0.1) is 0 Å². The van der Waals surface area contributed by atoms with Gasteiger partial charge in [-0.3, -0.25) is 4.55 Å². The van der Waals surface area contributed by atoms with Crippen LogP contribution in [-0.4, -0.2) is 31.9 Å². The minimum atomic E-state index is -3.96. The molecule has 0 aliphatic carbocycles. The third kappa shape index (κ3) is 6.04. The third-order valence-corrected chi connectivity index (χ3v) is 3.03. The number of benzene rings is 1. The van der Waals surface area contributed by atoms with Gasteiger partial charge in [0.1, 0.15) is 11.6 Å². The summed E-state index contributed by atoms with van der Waals surface area (Å²) in [6, 6.07) is 3.30. The Morgan fingerprint density at radius 1 is 1.22 bits per heavy atom. The molecule has 1 N–H and O–H groups in total. The van der Waals surface area contributed by atoms with Crippen molar-refractivity contribution >= 4 is 10.1 Å². The van der Waals surface area contributed by atoms with Crippen molar-refractivity contribution in [3.05, 3.63) is 35.4 Å². The van der Waals surface area contributed by atoms with Gasteiger partial charge < -0.3 is 4.74 Å². The van der Waals surface area contributed by atoms with Gasteiger partial charge in [0.2, 0.25) is 0 Å². The van der Waals surface area contributed by atoms with Gasteiger partial charge in [-0.2, -0.15) is 8.42 Å². The second kappa shape index (κ2) is 6.77. The molecule has 0 spiro atoms. The quantitative estimate of drug-likeness (QED) is 0.611. The number of ether oxygens (including phenoxy) is 1. The van der Waals surface area contributed by atoms with Gasteiger partial charge in [-0.05, 0) is 24.5 Å². The van der Waals surface area contributed by atoms with Crippen molar-refractivity contribution in [2.75, 3.05) is 19.0 Å². The Balaban J connectivity index is 2.22. The highest BCUT2D eigenvalue weighted by Crippen LogP contribution is 2.10. The zero-order chi connectivity index (χ0) is 13.6. The van der Waals surface area contributed by atoms with Crippen LogP contribution in [0.3, 0.4) is 0 Å². The summed E-state index contributed by atoms with van der Waals surface area (Å²) in [5.41, 5.74) is 0.339. The molecular weight excluding hydrogens is 266 g/mol. The van der Waals surface area contributed by atoms with Gasteiger partial charge in [0.05, 0.1) is 12.4 Å². The van der Waals surface area contributed by atoms with Crippen LogP contribution in [-0.2, 0) is 21.3 Å². The Morgan fingerprint density at radius 2 is 1.94 bits per heavy atom. The van der Waals surface area contributed by atoms with E-state index in [2.05, 4.69) is 0 Å². The van der Waals surface area contributed by atoms with Crippen LogP contribution in [0.15, 0.2) is 18.2 Å². The van der Waals surface area contributed by atoms with Crippen LogP contribution >= 0.6 is 0 Å². The molecule has 1 rings (SSSR count). The summed E-state index contributed by atoms with van der Waals surface area (Å²) in [5, 5.41) is 0. The Hall–Kier alpha value is -1.05. The molecule has 7 heteroatoms. The van der Waals surface area contributed by atoms with Gasteiger partial charge in [0.15, 0.2) is 0 Å². The van der Waals surface area contributed by atoms with E-state index in [-0.39, 0.29) is 31.8 Å². The average molecular weight is 280 g/mol. The molecule has 4 nitrogen and oxygen atoms in total. The molecule has 0 unspecified atom stereocenters. The summed E-state index contributed by atoms with van der Waals surface area (Å²) in [6.45, 7) is 0.358. The van der Waals surface area contributed by atoms with Crippen molar-refractivity contribution in [2.45, 2.75) is 12.8 Å². The van der Waals surface area contributed by atoms with E-state index in [4.69, 9.17) is 9.29 Å². The van der Waals surface area contributed by atoms with E-state index >= 15 is 0 Å². The molecule has 0 saturated carbocycles. The van der Waals surface area contributed by atoms with E-state index in [1.807, 2.05) is 0 Å². The predicted octanol–water partition coefficient (Wildman–Crippen LogP) is 1.80. The summed E-state index contributed by atoms with van der Waals surface area (Å²) in [6.07, 6.45) is 0.447. The summed E-state index contributed by atoms with van der Waals surface area (Å²) in [4.78, 5) is 0. The van der Waals surface area contributed by atoms with Crippen molar-refractivity contribution in [3.8, 4) is 0 Å². The zero-order valence-electron chi connectivity index (χ0n) is 9.60. The first kappa shape index (κ1) is 15.0. The van der Waals surface area contributed by atoms with Crippen LogP contribution in [0.2, 0.25) is 0 Å². The molecule has 0 saturated heterocycles. The lowest BCUT2D eigenvalue weighted by Gasteiger charge is -2.05. The molecule has 0 heterocycles. The second-order valence-corrected chi connectivity index (χ2v) is 5.31. The summed E-state index contributed by atoms with van der Waals surface area (Å²) in [5.74, 6) is -1.63. The van der Waals surface area contributed by atoms with Gasteiger partial charge in [-0.1, -0.05) is 6.07 Å². The van der Waals surface area contributed by atoms with Crippen LogP contribution in [0.4, 0.5) is 8.78 Å². The molecule has 102 valence electrons. The summed E-state index contributed by atoms with van der Waals surface area (Å²) < 4.78 is 60.1. The van der Waals surface area contributed by atoms with Gasteiger partial charge in [0.25, 0.3) is 10.1 Å². The maximum absolute atomic E-state index is 13.2. The molecule has 0 bridgehead atoms. The highest BCUT2D eigenvalue weighted by molar-refractivity contribution is 7.85. The van der Waals surface area contributed by atoms with Crippen molar-refractivity contribution in [1.82, 2.24) is 0 Å². The predicted molar refractivity (Wildman–Crippen MR) is 61.9 cm³/mol. The fourth-order valence-electron chi connectivity index (χ4n) is 1.35. The Morgan fingerprint density at radius 3 is 2.56 bits per heavy atom. The van der Waals surface area contributed by atoms with Crippen LogP contribution in [0, 0.1) is 11.6 Å². The van der Waals surface area contributed by atoms with Crippen LogP contribution in [0.5, 0.6) is 0 Å². The largest absolute Gasteiger partial charge is 0.381 e. The van der Waals surface area contributed by atoms with Crippen molar-refractivity contribution in [1.29, 1.82) is 0 Å². The van der Waals surface area contributed by atoms with E-state index in [1.165, 1.54) is 6.07 Å².